The molecule has 0 heterocycles. The second-order valence-corrected chi connectivity index (χ2v) is 16.3. The number of ether oxygens (including phenoxy) is 2. The molecule has 0 aromatic carbocycles. The molecule has 0 aliphatic heterocycles. The van der Waals surface area contributed by atoms with Gasteiger partial charge in [-0.25, -0.2) is 0 Å². The molecule has 0 rings (SSSR count). The highest BCUT2D eigenvalue weighted by Crippen LogP contribution is 2.49. The van der Waals surface area contributed by atoms with E-state index in [1.54, 1.807) is 41.5 Å². The highest BCUT2D eigenvalue weighted by atomic mass is 16.6. The number of unbranched alkanes of at least 4 members (excludes halogenated alkanes) is 5. The predicted octanol–water partition coefficient (Wildman–Crippen LogP) is 5.73. The second kappa shape index (κ2) is 23.5. The van der Waals surface area contributed by atoms with Crippen LogP contribution in [0.2, 0.25) is 0 Å². The lowest BCUT2D eigenvalue weighted by atomic mass is 9.59. The predicted molar refractivity (Wildman–Crippen MR) is 198 cm³/mol. The number of hydrogen-bond acceptors (Lipinski definition) is 9. The van der Waals surface area contributed by atoms with Crippen molar-refractivity contribution in [2.24, 2.45) is 51.8 Å². The highest BCUT2D eigenvalue weighted by Gasteiger charge is 2.53. The highest BCUT2D eigenvalue weighted by molar-refractivity contribution is 5.86. The molecule has 0 spiro atoms. The van der Waals surface area contributed by atoms with Crippen LogP contribution in [-0.4, -0.2) is 94.3 Å². The molecule has 6 unspecified atom stereocenters. The van der Waals surface area contributed by atoms with Gasteiger partial charge in [0, 0.05) is 6.54 Å². The number of carboxylic acids is 4. The molecular weight excluding hydrogens is 690 g/mol. The Morgan fingerprint density at radius 3 is 1.51 bits per heavy atom. The molecular formula is C39H69NO13. The van der Waals surface area contributed by atoms with Crippen LogP contribution in [0.1, 0.15) is 127 Å². The Hall–Kier alpha value is -3.26. The molecule has 6 N–H and O–H groups in total. The van der Waals surface area contributed by atoms with Gasteiger partial charge in [0.05, 0.1) is 55.3 Å². The summed E-state index contributed by atoms with van der Waals surface area (Å²) >= 11 is 0. The number of aliphatic carboxylic acids is 4. The Bertz CT molecular complexity index is 1180. The van der Waals surface area contributed by atoms with Crippen LogP contribution in [0, 0.1) is 51.8 Å². The van der Waals surface area contributed by atoms with Crippen molar-refractivity contribution in [2.45, 2.75) is 127 Å². The first-order chi connectivity index (χ1) is 24.6. The molecule has 0 fully saturated rings. The third-order valence-corrected chi connectivity index (χ3v) is 10.9. The smallest absolute Gasteiger partial charge is 0.309 e. The molecule has 14 nitrogen and oxygen atoms in total. The average Bonchev–Trinajstić information content (AvgIpc) is 3.04. The largest absolute Gasteiger partial charge is 0.481 e. The molecule has 0 saturated carbocycles. The summed E-state index contributed by atoms with van der Waals surface area (Å²) < 4.78 is 10.4. The number of aliphatic hydroxyl groups is 1. The minimum Gasteiger partial charge on any atom is -0.481 e. The monoisotopic (exact) mass is 759 g/mol. The van der Waals surface area contributed by atoms with E-state index in [-0.39, 0.29) is 45.8 Å². The number of carboxylic acid groups (broad SMARTS) is 4. The molecule has 0 aliphatic rings. The van der Waals surface area contributed by atoms with E-state index >= 15 is 0 Å². The van der Waals surface area contributed by atoms with Gasteiger partial charge in [0.2, 0.25) is 5.91 Å². The number of carbonyl (C=O) groups is 6. The van der Waals surface area contributed by atoms with Gasteiger partial charge in [-0.3, -0.25) is 28.8 Å². The van der Waals surface area contributed by atoms with Crippen LogP contribution in [0.15, 0.2) is 0 Å². The van der Waals surface area contributed by atoms with E-state index in [0.717, 1.165) is 32.1 Å². The first-order valence-electron chi connectivity index (χ1n) is 19.1. The van der Waals surface area contributed by atoms with Crippen molar-refractivity contribution < 1.29 is 63.8 Å². The molecule has 53 heavy (non-hydrogen) atoms. The number of amides is 1. The number of rotatable bonds is 30. The van der Waals surface area contributed by atoms with Crippen molar-refractivity contribution in [2.75, 3.05) is 33.0 Å². The maximum Gasteiger partial charge on any atom is 0.309 e. The Labute approximate surface area is 315 Å². The van der Waals surface area contributed by atoms with Crippen molar-refractivity contribution in [1.82, 2.24) is 5.32 Å². The van der Waals surface area contributed by atoms with Gasteiger partial charge in [0.15, 0.2) is 0 Å². The summed E-state index contributed by atoms with van der Waals surface area (Å²) in [7, 11) is 0. The maximum absolute atomic E-state index is 14.2. The zero-order chi connectivity index (χ0) is 41.2. The minimum atomic E-state index is -1.57. The molecule has 0 bridgehead atoms. The summed E-state index contributed by atoms with van der Waals surface area (Å²) in [5, 5.41) is 53.6. The fraction of sp³-hybridized carbons (Fsp3) is 0.846. The molecule has 0 aromatic rings. The normalized spacial score (nSPS) is 15.7. The molecule has 14 heteroatoms. The summed E-state index contributed by atoms with van der Waals surface area (Å²) in [6.45, 7) is 14.7. The number of aliphatic hydroxyl groups excluding tert-OH is 1. The summed E-state index contributed by atoms with van der Waals surface area (Å²) in [6.07, 6.45) is 5.31. The quantitative estimate of drug-likeness (QED) is 0.0380. The summed E-state index contributed by atoms with van der Waals surface area (Å²) in [5.41, 5.74) is -3.84. The van der Waals surface area contributed by atoms with Gasteiger partial charge in [-0.05, 0) is 41.9 Å². The van der Waals surface area contributed by atoms with Crippen LogP contribution < -0.4 is 5.32 Å². The lowest BCUT2D eigenvalue weighted by molar-refractivity contribution is -0.167. The van der Waals surface area contributed by atoms with Crippen LogP contribution in [0.3, 0.4) is 0 Å². The van der Waals surface area contributed by atoms with Gasteiger partial charge in [-0.1, -0.05) is 101 Å². The summed E-state index contributed by atoms with van der Waals surface area (Å²) in [5.74, 6) is -15.4. The fourth-order valence-corrected chi connectivity index (χ4v) is 7.73. The Morgan fingerprint density at radius 1 is 0.585 bits per heavy atom. The first-order valence-corrected chi connectivity index (χ1v) is 19.1. The lowest BCUT2D eigenvalue weighted by Gasteiger charge is -2.44. The SMILES string of the molecule is CCCCCCCCNC(=O)C(CC(C)(C)C(C(=O)O)C(CC)C(=O)OCCOCCO)C(C(=O)O)C(C)(C)CC(C(=O)O)C(C(=O)O)C(C)(C)CC. The van der Waals surface area contributed by atoms with Gasteiger partial charge >= 0.3 is 29.8 Å². The molecule has 0 saturated heterocycles. The van der Waals surface area contributed by atoms with Gasteiger partial charge < -0.3 is 40.3 Å². The topological polar surface area (TPSA) is 234 Å². The van der Waals surface area contributed by atoms with Crippen LogP contribution in [0.25, 0.3) is 0 Å². The van der Waals surface area contributed by atoms with E-state index in [1.165, 1.54) is 13.8 Å². The molecule has 1 amide bonds. The molecule has 0 aliphatic carbocycles. The standard InChI is InChI=1S/C39H69NO13/c1-10-13-14-15-16-17-18-40-31(42)26(23-38(6,7)28(33(45)46)25(11-2)36(51)53-22-21-52-20-19-41)29(34(47)48)39(8,9)24-27(32(43)44)30(35(49)50)37(4,5)12-3/h25-30,41H,10-24H2,1-9H3,(H,40,42)(H,43,44)(H,45,46)(H,47,48)(H,49,50). The van der Waals surface area contributed by atoms with E-state index in [2.05, 4.69) is 12.2 Å². The van der Waals surface area contributed by atoms with Gasteiger partial charge in [0.25, 0.3) is 0 Å². The summed E-state index contributed by atoms with van der Waals surface area (Å²) in [6, 6.07) is 0. The fourth-order valence-electron chi connectivity index (χ4n) is 7.73. The zero-order valence-corrected chi connectivity index (χ0v) is 33.6. The third kappa shape index (κ3) is 15.9. The molecule has 6 atom stereocenters. The molecule has 0 radical (unpaired) electrons. The van der Waals surface area contributed by atoms with E-state index in [1.807, 2.05) is 0 Å². The van der Waals surface area contributed by atoms with Crippen molar-refractivity contribution in [3.05, 3.63) is 0 Å². The molecule has 0 aromatic heterocycles. The van der Waals surface area contributed by atoms with Crippen molar-refractivity contribution in [1.29, 1.82) is 0 Å². The Morgan fingerprint density at radius 2 is 1.06 bits per heavy atom. The number of hydrogen-bond donors (Lipinski definition) is 6. The number of nitrogens with one attached hydrogen (secondary N) is 1. The van der Waals surface area contributed by atoms with Crippen molar-refractivity contribution in [3.63, 3.8) is 0 Å². The van der Waals surface area contributed by atoms with Gasteiger partial charge in [-0.15, -0.1) is 0 Å². The Balaban J connectivity index is 7.00. The van der Waals surface area contributed by atoms with E-state index < -0.39 is 93.9 Å². The van der Waals surface area contributed by atoms with Crippen LogP contribution >= 0.6 is 0 Å². The van der Waals surface area contributed by atoms with Gasteiger partial charge in [-0.2, -0.15) is 0 Å². The van der Waals surface area contributed by atoms with Crippen LogP contribution in [0.4, 0.5) is 0 Å². The minimum absolute atomic E-state index is 0.0183. The average molecular weight is 760 g/mol. The van der Waals surface area contributed by atoms with E-state index in [9.17, 15) is 49.2 Å². The van der Waals surface area contributed by atoms with Crippen LogP contribution in [0.5, 0.6) is 0 Å². The lowest BCUT2D eigenvalue weighted by Crippen LogP contribution is -2.50. The third-order valence-electron chi connectivity index (χ3n) is 10.9. The van der Waals surface area contributed by atoms with Crippen LogP contribution in [-0.2, 0) is 38.2 Å². The second-order valence-electron chi connectivity index (χ2n) is 16.3. The molecule has 308 valence electrons. The Kier molecular flexibility index (Phi) is 22.1. The number of esters is 1. The van der Waals surface area contributed by atoms with E-state index in [4.69, 9.17) is 14.6 Å². The van der Waals surface area contributed by atoms with Crippen molar-refractivity contribution in [3.8, 4) is 0 Å². The maximum atomic E-state index is 14.2. The van der Waals surface area contributed by atoms with Gasteiger partial charge in [0.1, 0.15) is 6.61 Å². The first kappa shape index (κ1) is 49.7. The van der Waals surface area contributed by atoms with E-state index in [0.29, 0.717) is 12.8 Å². The van der Waals surface area contributed by atoms with Crippen molar-refractivity contribution >= 4 is 35.8 Å². The zero-order valence-electron chi connectivity index (χ0n) is 33.6. The summed E-state index contributed by atoms with van der Waals surface area (Å²) in [4.78, 5) is 78.9. The number of carbonyl (C=O) groups excluding carboxylic acids is 2.